The Bertz CT molecular complexity index is 513. The van der Waals surface area contributed by atoms with Gasteiger partial charge in [0, 0.05) is 51.9 Å². The zero-order chi connectivity index (χ0) is 16.8. The van der Waals surface area contributed by atoms with Gasteiger partial charge in [-0.1, -0.05) is 30.3 Å². The molecule has 1 unspecified atom stereocenters. The minimum atomic E-state index is 0. The van der Waals surface area contributed by atoms with Gasteiger partial charge < -0.3 is 10.2 Å². The zero-order valence-corrected chi connectivity index (χ0v) is 16.0. The second-order valence-corrected chi connectivity index (χ2v) is 6.85. The lowest BCUT2D eigenvalue weighted by atomic mass is 10.2. The molecule has 0 aromatic heterocycles. The Balaban J connectivity index is 0.00000225. The molecule has 2 saturated heterocycles. The van der Waals surface area contributed by atoms with Gasteiger partial charge in [0.1, 0.15) is 0 Å². The third kappa shape index (κ3) is 5.68. The molecule has 1 amide bonds. The second kappa shape index (κ2) is 10.1. The second-order valence-electron chi connectivity index (χ2n) is 6.85. The highest BCUT2D eigenvalue weighted by atomic mass is 35.5. The normalized spacial score (nSPS) is 21.7. The van der Waals surface area contributed by atoms with Crippen molar-refractivity contribution in [1.82, 2.24) is 20.0 Å². The van der Waals surface area contributed by atoms with Gasteiger partial charge in [0.2, 0.25) is 5.91 Å². The first kappa shape index (κ1) is 20.2. The molecule has 2 heterocycles. The van der Waals surface area contributed by atoms with Crippen LogP contribution in [0.4, 0.5) is 0 Å². The van der Waals surface area contributed by atoms with Crippen molar-refractivity contribution in [2.24, 2.45) is 0 Å². The number of carbonyl (C=O) groups is 1. The van der Waals surface area contributed by atoms with Crippen LogP contribution in [-0.2, 0) is 11.3 Å². The number of nitrogens with one attached hydrogen (secondary N) is 1. The highest BCUT2D eigenvalue weighted by molar-refractivity contribution is 5.85. The Morgan fingerprint density at radius 1 is 1.20 bits per heavy atom. The summed E-state index contributed by atoms with van der Waals surface area (Å²) in [6.45, 7) is 10.5. The quantitative estimate of drug-likeness (QED) is 0.826. The van der Waals surface area contributed by atoms with Gasteiger partial charge in [-0.2, -0.15) is 0 Å². The van der Waals surface area contributed by atoms with Gasteiger partial charge in [0.05, 0.1) is 6.54 Å². The number of hydrogen-bond acceptors (Lipinski definition) is 4. The van der Waals surface area contributed by atoms with Crippen LogP contribution in [0.25, 0.3) is 0 Å². The van der Waals surface area contributed by atoms with Crippen LogP contribution in [0.5, 0.6) is 0 Å². The molecule has 0 bridgehead atoms. The first-order valence-electron chi connectivity index (χ1n) is 9.25. The average molecular weight is 367 g/mol. The summed E-state index contributed by atoms with van der Waals surface area (Å²) in [6.07, 6.45) is 1.26. The standard InChI is InChI=1S/C19H30N4O.ClH/c1-2-22(15-17-6-4-3-5-7-17)19(24)16-21-10-12-23(13-11-21)18-8-9-20-14-18;/h3-7,18,20H,2,8-16H2,1H3;1H. The van der Waals surface area contributed by atoms with E-state index >= 15 is 0 Å². The number of rotatable bonds is 6. The Labute approximate surface area is 157 Å². The van der Waals surface area contributed by atoms with Gasteiger partial charge in [0.25, 0.3) is 0 Å². The summed E-state index contributed by atoms with van der Waals surface area (Å²) in [5, 5.41) is 3.44. The number of amides is 1. The van der Waals surface area contributed by atoms with Crippen molar-refractivity contribution in [2.45, 2.75) is 25.9 Å². The fourth-order valence-electron chi connectivity index (χ4n) is 3.71. The van der Waals surface area contributed by atoms with Crippen molar-refractivity contribution >= 4 is 18.3 Å². The Morgan fingerprint density at radius 2 is 1.92 bits per heavy atom. The fraction of sp³-hybridized carbons (Fsp3) is 0.632. The summed E-state index contributed by atoms with van der Waals surface area (Å²) in [6, 6.07) is 11.0. The molecule has 1 aromatic carbocycles. The van der Waals surface area contributed by atoms with E-state index in [1.807, 2.05) is 23.1 Å². The number of piperazine rings is 1. The average Bonchev–Trinajstić information content (AvgIpc) is 3.16. The Kier molecular flexibility index (Phi) is 8.16. The maximum atomic E-state index is 12.6. The lowest BCUT2D eigenvalue weighted by Gasteiger charge is -2.38. The maximum Gasteiger partial charge on any atom is 0.237 e. The molecule has 2 aliphatic rings. The molecule has 2 fully saturated rings. The van der Waals surface area contributed by atoms with Crippen molar-refractivity contribution in [3.05, 3.63) is 35.9 Å². The number of nitrogens with zero attached hydrogens (tertiary/aromatic N) is 3. The van der Waals surface area contributed by atoms with Gasteiger partial charge in [-0.3, -0.25) is 14.6 Å². The SMILES string of the molecule is CCN(Cc1ccccc1)C(=O)CN1CCN(C2CCNC2)CC1.Cl. The molecule has 0 radical (unpaired) electrons. The molecule has 0 saturated carbocycles. The van der Waals surface area contributed by atoms with E-state index in [0.29, 0.717) is 19.1 Å². The Hall–Kier alpha value is -1.14. The van der Waals surface area contributed by atoms with E-state index in [1.54, 1.807) is 0 Å². The third-order valence-corrected chi connectivity index (χ3v) is 5.27. The van der Waals surface area contributed by atoms with Crippen LogP contribution in [0.3, 0.4) is 0 Å². The predicted molar refractivity (Wildman–Crippen MR) is 104 cm³/mol. The third-order valence-electron chi connectivity index (χ3n) is 5.27. The van der Waals surface area contributed by atoms with Gasteiger partial charge >= 0.3 is 0 Å². The summed E-state index contributed by atoms with van der Waals surface area (Å²) >= 11 is 0. The highest BCUT2D eigenvalue weighted by Crippen LogP contribution is 2.12. The zero-order valence-electron chi connectivity index (χ0n) is 15.2. The molecule has 1 atom stereocenters. The first-order chi connectivity index (χ1) is 11.8. The summed E-state index contributed by atoms with van der Waals surface area (Å²) in [5.41, 5.74) is 1.20. The van der Waals surface area contributed by atoms with Crippen LogP contribution in [0.15, 0.2) is 30.3 Å². The van der Waals surface area contributed by atoms with Crippen LogP contribution < -0.4 is 5.32 Å². The van der Waals surface area contributed by atoms with Crippen molar-refractivity contribution < 1.29 is 4.79 Å². The van der Waals surface area contributed by atoms with Gasteiger partial charge in [-0.05, 0) is 25.5 Å². The van der Waals surface area contributed by atoms with Crippen LogP contribution in [-0.4, -0.2) is 79.0 Å². The smallest absolute Gasteiger partial charge is 0.237 e. The minimum Gasteiger partial charge on any atom is -0.338 e. The number of hydrogen-bond donors (Lipinski definition) is 1. The number of benzene rings is 1. The van der Waals surface area contributed by atoms with Crippen LogP contribution in [0.1, 0.15) is 18.9 Å². The van der Waals surface area contributed by atoms with E-state index in [0.717, 1.165) is 45.8 Å². The van der Waals surface area contributed by atoms with Crippen molar-refractivity contribution in [2.75, 3.05) is 52.4 Å². The molecule has 5 nitrogen and oxygen atoms in total. The highest BCUT2D eigenvalue weighted by Gasteiger charge is 2.27. The van der Waals surface area contributed by atoms with Crippen molar-refractivity contribution in [1.29, 1.82) is 0 Å². The number of carbonyl (C=O) groups excluding carboxylic acids is 1. The van der Waals surface area contributed by atoms with Crippen LogP contribution >= 0.6 is 12.4 Å². The Morgan fingerprint density at radius 3 is 2.52 bits per heavy atom. The molecular formula is C19H31ClN4O. The van der Waals surface area contributed by atoms with Crippen LogP contribution in [0.2, 0.25) is 0 Å². The lowest BCUT2D eigenvalue weighted by molar-refractivity contribution is -0.133. The largest absolute Gasteiger partial charge is 0.338 e. The van der Waals surface area contributed by atoms with E-state index in [2.05, 4.69) is 34.2 Å². The molecule has 0 spiro atoms. The molecule has 1 N–H and O–H groups in total. The summed E-state index contributed by atoms with van der Waals surface area (Å²) in [5.74, 6) is 0.248. The number of likely N-dealkylation sites (N-methyl/N-ethyl adjacent to an activating group) is 1. The van der Waals surface area contributed by atoms with E-state index in [9.17, 15) is 4.79 Å². The molecule has 2 aliphatic heterocycles. The predicted octanol–water partition coefficient (Wildman–Crippen LogP) is 1.44. The molecule has 140 valence electrons. The number of halogens is 1. The van der Waals surface area contributed by atoms with E-state index in [4.69, 9.17) is 0 Å². The molecule has 6 heteroatoms. The molecule has 0 aliphatic carbocycles. The molecule has 1 aromatic rings. The topological polar surface area (TPSA) is 38.8 Å². The van der Waals surface area contributed by atoms with E-state index in [-0.39, 0.29) is 18.3 Å². The van der Waals surface area contributed by atoms with E-state index < -0.39 is 0 Å². The van der Waals surface area contributed by atoms with Gasteiger partial charge in [0.15, 0.2) is 0 Å². The van der Waals surface area contributed by atoms with Crippen molar-refractivity contribution in [3.63, 3.8) is 0 Å². The monoisotopic (exact) mass is 366 g/mol. The maximum absolute atomic E-state index is 12.6. The minimum absolute atomic E-state index is 0. The van der Waals surface area contributed by atoms with Crippen LogP contribution in [0, 0.1) is 0 Å². The first-order valence-corrected chi connectivity index (χ1v) is 9.25. The lowest BCUT2D eigenvalue weighted by Crippen LogP contribution is -2.53. The molecule has 25 heavy (non-hydrogen) atoms. The summed E-state index contributed by atoms with van der Waals surface area (Å²) < 4.78 is 0. The molecular weight excluding hydrogens is 336 g/mol. The summed E-state index contributed by atoms with van der Waals surface area (Å²) in [7, 11) is 0. The van der Waals surface area contributed by atoms with Crippen molar-refractivity contribution in [3.8, 4) is 0 Å². The van der Waals surface area contributed by atoms with E-state index in [1.165, 1.54) is 12.0 Å². The van der Waals surface area contributed by atoms with Gasteiger partial charge in [-0.15, -0.1) is 12.4 Å². The van der Waals surface area contributed by atoms with Gasteiger partial charge in [-0.25, -0.2) is 0 Å². The fourth-order valence-corrected chi connectivity index (χ4v) is 3.71. The summed E-state index contributed by atoms with van der Waals surface area (Å²) in [4.78, 5) is 19.5. The molecule has 3 rings (SSSR count).